The quantitative estimate of drug-likeness (QED) is 0.368. The zero-order chi connectivity index (χ0) is 24.0. The van der Waals surface area contributed by atoms with Crippen molar-refractivity contribution in [1.29, 1.82) is 0 Å². The van der Waals surface area contributed by atoms with E-state index in [4.69, 9.17) is 9.47 Å². The zero-order valence-electron chi connectivity index (χ0n) is 19.5. The van der Waals surface area contributed by atoms with E-state index in [1.54, 1.807) is 26.0 Å². The fourth-order valence-electron chi connectivity index (χ4n) is 7.41. The van der Waals surface area contributed by atoms with Gasteiger partial charge < -0.3 is 29.9 Å². The van der Waals surface area contributed by atoms with Crippen molar-refractivity contribution >= 4 is 11.9 Å². The van der Waals surface area contributed by atoms with Gasteiger partial charge in [0.05, 0.1) is 12.2 Å². The maximum absolute atomic E-state index is 12.4. The molecule has 0 heterocycles. The standard InChI is InChI=1S/C24H34O8/c1-11-7-17-22(29,19(11)28)9-15(10-25)8-16-18-21(5,6)24(18,32-14(4)27)20(31-13(3)26)12(2)23(16,17)30/h7-8,12,16-20,25,28-30H,9-10H2,1-6H3/t12-,16+,17-,18-,19+,20-,22-,23-,24-/m1/s1. The highest BCUT2D eigenvalue weighted by molar-refractivity contribution is 5.69. The van der Waals surface area contributed by atoms with Crippen LogP contribution in [-0.2, 0) is 19.1 Å². The van der Waals surface area contributed by atoms with Gasteiger partial charge in [0, 0.05) is 49.4 Å². The van der Waals surface area contributed by atoms with E-state index in [0.717, 1.165) is 0 Å². The molecule has 2 fully saturated rings. The number of rotatable bonds is 3. The number of aliphatic hydroxyl groups is 4. The normalized spacial score (nSPS) is 48.3. The number of esters is 2. The molecule has 0 bridgehead atoms. The van der Waals surface area contributed by atoms with Crippen LogP contribution in [0.15, 0.2) is 23.3 Å². The van der Waals surface area contributed by atoms with Crippen molar-refractivity contribution in [2.45, 2.75) is 77.0 Å². The van der Waals surface area contributed by atoms with Gasteiger partial charge in [-0.05, 0) is 18.1 Å². The molecule has 0 unspecified atom stereocenters. The Balaban J connectivity index is 1.96. The molecule has 4 aliphatic rings. The van der Waals surface area contributed by atoms with Crippen molar-refractivity contribution in [3.05, 3.63) is 23.3 Å². The minimum Gasteiger partial charge on any atom is -0.458 e. The van der Waals surface area contributed by atoms with Crippen LogP contribution in [0.25, 0.3) is 0 Å². The summed E-state index contributed by atoms with van der Waals surface area (Å²) in [4.78, 5) is 24.2. The smallest absolute Gasteiger partial charge is 0.303 e. The number of hydrogen-bond donors (Lipinski definition) is 4. The molecule has 9 atom stereocenters. The van der Waals surface area contributed by atoms with Gasteiger partial charge in [-0.15, -0.1) is 0 Å². The summed E-state index contributed by atoms with van der Waals surface area (Å²) in [6.07, 6.45) is 1.29. The summed E-state index contributed by atoms with van der Waals surface area (Å²) in [5.41, 5.74) is -4.14. The summed E-state index contributed by atoms with van der Waals surface area (Å²) >= 11 is 0. The van der Waals surface area contributed by atoms with Crippen LogP contribution >= 0.6 is 0 Å². The number of carbonyl (C=O) groups excluding carboxylic acids is 2. The fourth-order valence-corrected chi connectivity index (χ4v) is 7.41. The molecule has 178 valence electrons. The first-order valence-corrected chi connectivity index (χ1v) is 11.2. The molecule has 0 amide bonds. The average molecular weight is 451 g/mol. The third-order valence-corrected chi connectivity index (χ3v) is 8.77. The maximum atomic E-state index is 12.4. The van der Waals surface area contributed by atoms with E-state index in [2.05, 4.69) is 0 Å². The Labute approximate surface area is 187 Å². The molecule has 0 spiro atoms. The second kappa shape index (κ2) is 6.88. The zero-order valence-corrected chi connectivity index (χ0v) is 19.5. The van der Waals surface area contributed by atoms with Crippen LogP contribution < -0.4 is 0 Å². The highest BCUT2D eigenvalue weighted by Gasteiger charge is 2.87. The van der Waals surface area contributed by atoms with Crippen LogP contribution in [0.3, 0.4) is 0 Å². The molecule has 0 saturated heterocycles. The van der Waals surface area contributed by atoms with Gasteiger partial charge in [-0.3, -0.25) is 9.59 Å². The largest absolute Gasteiger partial charge is 0.458 e. The van der Waals surface area contributed by atoms with Gasteiger partial charge >= 0.3 is 11.9 Å². The van der Waals surface area contributed by atoms with Crippen LogP contribution in [0.5, 0.6) is 0 Å². The van der Waals surface area contributed by atoms with Crippen LogP contribution in [-0.4, -0.2) is 68.0 Å². The van der Waals surface area contributed by atoms with Gasteiger partial charge in [0.25, 0.3) is 0 Å². The van der Waals surface area contributed by atoms with Crippen LogP contribution in [0.2, 0.25) is 0 Å². The Hall–Kier alpha value is -1.74. The summed E-state index contributed by atoms with van der Waals surface area (Å²) in [5, 5.41) is 45.0. The van der Waals surface area contributed by atoms with E-state index >= 15 is 0 Å². The average Bonchev–Trinajstić information content (AvgIpc) is 3.10. The van der Waals surface area contributed by atoms with Crippen LogP contribution in [0.1, 0.15) is 48.0 Å². The summed E-state index contributed by atoms with van der Waals surface area (Å²) in [7, 11) is 0. The first-order chi connectivity index (χ1) is 14.7. The van der Waals surface area contributed by atoms with E-state index in [-0.39, 0.29) is 13.0 Å². The molecule has 0 aliphatic heterocycles. The van der Waals surface area contributed by atoms with Crippen molar-refractivity contribution < 1.29 is 39.5 Å². The van der Waals surface area contributed by atoms with Gasteiger partial charge in [-0.2, -0.15) is 0 Å². The lowest BCUT2D eigenvalue weighted by Crippen LogP contribution is -2.66. The lowest BCUT2D eigenvalue weighted by atomic mass is 9.59. The Kier molecular flexibility index (Phi) is 5.04. The first kappa shape index (κ1) is 23.4. The van der Waals surface area contributed by atoms with Gasteiger partial charge in [-0.25, -0.2) is 0 Å². The monoisotopic (exact) mass is 450 g/mol. The van der Waals surface area contributed by atoms with E-state index < -0.39 is 70.0 Å². The summed E-state index contributed by atoms with van der Waals surface area (Å²) in [6, 6.07) is 0. The topological polar surface area (TPSA) is 134 Å². The Morgan fingerprint density at radius 2 is 1.78 bits per heavy atom. The molecule has 0 aromatic rings. The molecule has 4 aliphatic carbocycles. The van der Waals surface area contributed by atoms with Gasteiger partial charge in [-0.1, -0.05) is 32.9 Å². The lowest BCUT2D eigenvalue weighted by Gasteiger charge is -2.53. The molecule has 0 aromatic heterocycles. The van der Waals surface area contributed by atoms with Crippen molar-refractivity contribution in [1.82, 2.24) is 0 Å². The molecule has 2 saturated carbocycles. The van der Waals surface area contributed by atoms with Crippen molar-refractivity contribution in [2.24, 2.45) is 29.1 Å². The SMILES string of the molecule is CC(=O)O[C@@H]1[C@@H](C)[C@]2(O)[C@@H]3C=C(C)[C@H](O)[C@@]3(O)CC(CO)=C[C@H]2[C@@H]2C(C)(C)[C@]12OC(C)=O. The summed E-state index contributed by atoms with van der Waals surface area (Å²) < 4.78 is 11.6. The predicted octanol–water partition coefficient (Wildman–Crippen LogP) is 0.863. The number of ether oxygens (including phenoxy) is 2. The predicted molar refractivity (Wildman–Crippen MR) is 113 cm³/mol. The molecule has 4 N–H and O–H groups in total. The number of hydrogen-bond acceptors (Lipinski definition) is 8. The minimum absolute atomic E-state index is 0.0132. The van der Waals surface area contributed by atoms with E-state index in [1.807, 2.05) is 13.8 Å². The molecule has 0 aromatic carbocycles. The molecule has 8 nitrogen and oxygen atoms in total. The van der Waals surface area contributed by atoms with Gasteiger partial charge in [0.1, 0.15) is 17.8 Å². The molecule has 32 heavy (non-hydrogen) atoms. The van der Waals surface area contributed by atoms with Crippen LogP contribution in [0.4, 0.5) is 0 Å². The Morgan fingerprint density at radius 3 is 2.31 bits per heavy atom. The number of carbonyl (C=O) groups is 2. The highest BCUT2D eigenvalue weighted by atomic mass is 16.6. The van der Waals surface area contributed by atoms with Gasteiger partial charge in [0.2, 0.25) is 0 Å². The highest BCUT2D eigenvalue weighted by Crippen LogP contribution is 2.77. The fraction of sp³-hybridized carbons (Fsp3) is 0.750. The van der Waals surface area contributed by atoms with Crippen molar-refractivity contribution in [2.75, 3.05) is 6.61 Å². The number of fused-ring (bicyclic) bond motifs is 5. The van der Waals surface area contributed by atoms with Gasteiger partial charge in [0.15, 0.2) is 5.60 Å². The lowest BCUT2D eigenvalue weighted by molar-refractivity contribution is -0.234. The molecular weight excluding hydrogens is 416 g/mol. The summed E-state index contributed by atoms with van der Waals surface area (Å²) in [5.74, 6) is -3.76. The molecule has 0 radical (unpaired) electrons. The molecule has 4 rings (SSSR count). The van der Waals surface area contributed by atoms with E-state index in [1.165, 1.54) is 13.8 Å². The molecule has 8 heteroatoms. The number of aliphatic hydroxyl groups excluding tert-OH is 2. The second-order valence-electron chi connectivity index (χ2n) is 10.8. The van der Waals surface area contributed by atoms with Crippen LogP contribution in [0, 0.1) is 29.1 Å². The van der Waals surface area contributed by atoms with E-state index in [0.29, 0.717) is 11.1 Å². The second-order valence-corrected chi connectivity index (χ2v) is 10.8. The minimum atomic E-state index is -1.72. The van der Waals surface area contributed by atoms with Crippen molar-refractivity contribution in [3.63, 3.8) is 0 Å². The van der Waals surface area contributed by atoms with E-state index in [9.17, 15) is 30.0 Å². The third kappa shape index (κ3) is 2.64. The van der Waals surface area contributed by atoms with Crippen molar-refractivity contribution in [3.8, 4) is 0 Å². The first-order valence-electron chi connectivity index (χ1n) is 11.2. The maximum Gasteiger partial charge on any atom is 0.303 e. The Morgan fingerprint density at radius 1 is 1.16 bits per heavy atom. The third-order valence-electron chi connectivity index (χ3n) is 8.77. The summed E-state index contributed by atoms with van der Waals surface area (Å²) in [6.45, 7) is 9.46. The molecular formula is C24H34O8. The Bertz CT molecular complexity index is 921.